The van der Waals surface area contributed by atoms with Crippen molar-refractivity contribution in [1.29, 1.82) is 0 Å². The monoisotopic (exact) mass is 548 g/mol. The quantitative estimate of drug-likeness (QED) is 0.107. The molecule has 1 aliphatic rings. The Bertz CT molecular complexity index is 1250. The highest BCUT2D eigenvalue weighted by Crippen LogP contribution is 2.28. The summed E-state index contributed by atoms with van der Waals surface area (Å²) in [5.41, 5.74) is 3.18. The first-order valence-corrected chi connectivity index (χ1v) is 14.3. The van der Waals surface area contributed by atoms with Crippen LogP contribution >= 0.6 is 11.3 Å². The summed E-state index contributed by atoms with van der Waals surface area (Å²) >= 11 is 1.64. The Labute approximate surface area is 233 Å². The zero-order chi connectivity index (χ0) is 27.6. The lowest BCUT2D eigenvalue weighted by Gasteiger charge is -2.21. The first-order chi connectivity index (χ1) is 18.9. The Balaban J connectivity index is 1.23. The third-order valence-corrected chi connectivity index (χ3v) is 7.86. The average Bonchev–Trinajstić information content (AvgIpc) is 3.67. The van der Waals surface area contributed by atoms with Gasteiger partial charge in [-0.2, -0.15) is 0 Å². The van der Waals surface area contributed by atoms with Crippen molar-refractivity contribution in [3.8, 4) is 10.4 Å². The van der Waals surface area contributed by atoms with Gasteiger partial charge in [-0.1, -0.05) is 31.0 Å². The van der Waals surface area contributed by atoms with Gasteiger partial charge in [-0.3, -0.25) is 14.4 Å². The van der Waals surface area contributed by atoms with Crippen LogP contribution in [0.3, 0.4) is 0 Å². The fourth-order valence-corrected chi connectivity index (χ4v) is 5.47. The Kier molecular flexibility index (Phi) is 10.1. The van der Waals surface area contributed by atoms with Crippen LogP contribution in [0.2, 0.25) is 0 Å². The van der Waals surface area contributed by atoms with Crippen molar-refractivity contribution in [3.63, 3.8) is 0 Å². The molecule has 9 heteroatoms. The molecular formula is C30H36N4O4S. The summed E-state index contributed by atoms with van der Waals surface area (Å²) in [5.74, 6) is 5.82. The molecule has 3 aromatic rings. The number of thiophene rings is 1. The normalized spacial score (nSPS) is 14.7. The number of hydrazine groups is 1. The van der Waals surface area contributed by atoms with Crippen LogP contribution < -0.4 is 21.1 Å². The van der Waals surface area contributed by atoms with Gasteiger partial charge in [0.15, 0.2) is 0 Å². The maximum atomic E-state index is 13.1. The number of hydrogen-bond acceptors (Lipinski definition) is 7. The summed E-state index contributed by atoms with van der Waals surface area (Å²) in [6.07, 6.45) is 5.26. The van der Waals surface area contributed by atoms with E-state index in [4.69, 9.17) is 5.84 Å². The number of unbranched alkanes of at least 4 members (excludes halogenated alkanes) is 3. The van der Waals surface area contributed by atoms with E-state index >= 15 is 0 Å². The fraction of sp³-hybridized carbons (Fsp3) is 0.367. The molecule has 1 atom stereocenters. The van der Waals surface area contributed by atoms with Crippen LogP contribution in [0.4, 0.5) is 11.4 Å². The van der Waals surface area contributed by atoms with Crippen LogP contribution in [-0.4, -0.2) is 44.0 Å². The Hall–Kier alpha value is -3.69. The van der Waals surface area contributed by atoms with Crippen molar-refractivity contribution in [1.82, 2.24) is 5.32 Å². The minimum atomic E-state index is -0.276. The second kappa shape index (κ2) is 13.9. The lowest BCUT2D eigenvalue weighted by Crippen LogP contribution is -2.37. The van der Waals surface area contributed by atoms with Crippen LogP contribution in [0.15, 0.2) is 66.0 Å². The van der Waals surface area contributed by atoms with Crippen molar-refractivity contribution in [2.75, 3.05) is 30.1 Å². The van der Waals surface area contributed by atoms with Crippen LogP contribution in [0.5, 0.6) is 0 Å². The Morgan fingerprint density at radius 3 is 2.51 bits per heavy atom. The number of carbonyl (C=O) groups excluding carboxylic acids is 3. The van der Waals surface area contributed by atoms with Gasteiger partial charge in [-0.05, 0) is 72.7 Å². The number of hydrogen-bond donors (Lipinski definition) is 2. The molecule has 1 fully saturated rings. The van der Waals surface area contributed by atoms with Gasteiger partial charge in [-0.25, -0.2) is 10.9 Å². The van der Waals surface area contributed by atoms with Gasteiger partial charge in [0.2, 0.25) is 5.91 Å². The lowest BCUT2D eigenvalue weighted by molar-refractivity contribution is -0.140. The molecule has 0 aliphatic carbocycles. The largest absolute Gasteiger partial charge is 0.469 e. The van der Waals surface area contributed by atoms with Crippen molar-refractivity contribution in [2.45, 2.75) is 51.0 Å². The Morgan fingerprint density at radius 1 is 1.03 bits per heavy atom. The topological polar surface area (TPSA) is 105 Å². The molecule has 206 valence electrons. The molecule has 3 N–H and O–H groups in total. The minimum Gasteiger partial charge on any atom is -0.469 e. The molecular weight excluding hydrogens is 512 g/mol. The molecule has 1 aliphatic heterocycles. The highest BCUT2D eigenvalue weighted by molar-refractivity contribution is 7.13. The van der Waals surface area contributed by atoms with Gasteiger partial charge < -0.3 is 15.0 Å². The SMILES string of the molecule is COC(=O)CCCCCCC(=O)NC1CCN(c2ccc(C(=O)N(N)c3cccc(-c4cccs4)c3)cc2)C1. The number of esters is 1. The van der Waals surface area contributed by atoms with Crippen molar-refractivity contribution >= 4 is 40.5 Å². The molecule has 8 nitrogen and oxygen atoms in total. The maximum Gasteiger partial charge on any atom is 0.305 e. The van der Waals surface area contributed by atoms with E-state index in [1.165, 1.54) is 12.1 Å². The number of rotatable bonds is 12. The molecule has 0 spiro atoms. The molecule has 4 rings (SSSR count). The van der Waals surface area contributed by atoms with E-state index in [9.17, 15) is 14.4 Å². The second-order valence-electron chi connectivity index (χ2n) is 9.74. The van der Waals surface area contributed by atoms with Crippen LogP contribution in [0.25, 0.3) is 10.4 Å². The predicted octanol–water partition coefficient (Wildman–Crippen LogP) is 5.14. The van der Waals surface area contributed by atoms with E-state index in [0.29, 0.717) is 24.1 Å². The van der Waals surface area contributed by atoms with Crippen LogP contribution in [-0.2, 0) is 14.3 Å². The number of carbonyl (C=O) groups is 3. The maximum absolute atomic E-state index is 13.1. The average molecular weight is 549 g/mol. The van der Waals surface area contributed by atoms with E-state index in [1.807, 2.05) is 53.9 Å². The van der Waals surface area contributed by atoms with Gasteiger partial charge in [0.25, 0.3) is 5.91 Å². The molecule has 0 radical (unpaired) electrons. The van der Waals surface area contributed by atoms with Gasteiger partial charge >= 0.3 is 5.97 Å². The number of amides is 2. The first kappa shape index (κ1) is 28.3. The minimum absolute atomic E-state index is 0.0712. The molecule has 1 aromatic heterocycles. The second-order valence-corrected chi connectivity index (χ2v) is 10.7. The predicted molar refractivity (Wildman–Crippen MR) is 156 cm³/mol. The zero-order valence-electron chi connectivity index (χ0n) is 22.3. The molecule has 2 amide bonds. The van der Waals surface area contributed by atoms with Gasteiger partial charge in [0.1, 0.15) is 0 Å². The number of nitrogens with one attached hydrogen (secondary N) is 1. The van der Waals surface area contributed by atoms with E-state index in [1.54, 1.807) is 23.5 Å². The summed E-state index contributed by atoms with van der Waals surface area (Å²) in [6.45, 7) is 1.57. The van der Waals surface area contributed by atoms with Crippen molar-refractivity contribution in [3.05, 3.63) is 71.6 Å². The molecule has 0 bridgehead atoms. The number of anilines is 2. The molecule has 39 heavy (non-hydrogen) atoms. The number of nitrogens with two attached hydrogens (primary N) is 1. The third-order valence-electron chi connectivity index (χ3n) is 6.94. The lowest BCUT2D eigenvalue weighted by atomic mass is 10.1. The highest BCUT2D eigenvalue weighted by Gasteiger charge is 2.24. The third kappa shape index (κ3) is 7.91. The molecule has 2 aromatic carbocycles. The summed E-state index contributed by atoms with van der Waals surface area (Å²) in [7, 11) is 1.40. The van der Waals surface area contributed by atoms with Crippen LogP contribution in [0.1, 0.15) is 55.3 Å². The Morgan fingerprint density at radius 2 is 1.79 bits per heavy atom. The fourth-order valence-electron chi connectivity index (χ4n) is 4.75. The number of benzene rings is 2. The summed E-state index contributed by atoms with van der Waals surface area (Å²) in [5, 5.41) is 6.35. The molecule has 1 saturated heterocycles. The molecule has 0 saturated carbocycles. The van der Waals surface area contributed by atoms with Gasteiger partial charge in [0.05, 0.1) is 12.8 Å². The number of nitrogens with zero attached hydrogens (tertiary/aromatic N) is 2. The van der Waals surface area contributed by atoms with E-state index in [-0.39, 0.29) is 23.8 Å². The summed E-state index contributed by atoms with van der Waals surface area (Å²) in [4.78, 5) is 39.9. The van der Waals surface area contributed by atoms with Crippen LogP contribution in [0, 0.1) is 0 Å². The van der Waals surface area contributed by atoms with Crippen molar-refractivity contribution < 1.29 is 19.1 Å². The van der Waals surface area contributed by atoms with Gasteiger partial charge in [0, 0.05) is 48.1 Å². The van der Waals surface area contributed by atoms with E-state index < -0.39 is 0 Å². The standard InChI is InChI=1S/C30H36N4O4S/c1-38-29(36)12-5-3-2-4-11-28(35)32-24-17-18-33(21-24)25-15-13-22(14-16-25)30(37)34(31)26-9-6-8-23(20-26)27-10-7-19-39-27/h6-10,13-16,19-20,24H,2-5,11-12,17-18,21,31H2,1H3,(H,32,35). The van der Waals surface area contributed by atoms with E-state index in [2.05, 4.69) is 15.0 Å². The summed E-state index contributed by atoms with van der Waals surface area (Å²) in [6, 6.07) is 19.2. The number of methoxy groups -OCH3 is 1. The molecule has 2 heterocycles. The van der Waals surface area contributed by atoms with Crippen molar-refractivity contribution in [2.24, 2.45) is 5.84 Å². The van der Waals surface area contributed by atoms with E-state index in [0.717, 1.165) is 61.3 Å². The smallest absolute Gasteiger partial charge is 0.305 e. The zero-order valence-corrected chi connectivity index (χ0v) is 23.1. The number of ether oxygens (including phenoxy) is 1. The molecule has 1 unspecified atom stereocenters. The summed E-state index contributed by atoms with van der Waals surface area (Å²) < 4.78 is 4.64. The highest BCUT2D eigenvalue weighted by atomic mass is 32.1. The van der Waals surface area contributed by atoms with Gasteiger partial charge in [-0.15, -0.1) is 11.3 Å². The first-order valence-electron chi connectivity index (χ1n) is 13.4.